The molecule has 9 heteroatoms. The number of H-pyrrole nitrogens is 1. The van der Waals surface area contributed by atoms with Crippen LogP contribution in [0.25, 0.3) is 10.9 Å². The van der Waals surface area contributed by atoms with E-state index in [1.54, 1.807) is 6.20 Å². The van der Waals surface area contributed by atoms with Gasteiger partial charge in [0.15, 0.2) is 0 Å². The van der Waals surface area contributed by atoms with E-state index in [9.17, 15) is 17.6 Å². The summed E-state index contributed by atoms with van der Waals surface area (Å²) in [6.45, 7) is 3.06. The zero-order valence-corrected chi connectivity index (χ0v) is 20.3. The van der Waals surface area contributed by atoms with Crippen molar-refractivity contribution < 1.29 is 17.6 Å². The fourth-order valence-corrected chi connectivity index (χ4v) is 6.04. The summed E-state index contributed by atoms with van der Waals surface area (Å²) in [5.74, 6) is 0. The van der Waals surface area contributed by atoms with Crippen molar-refractivity contribution >= 4 is 16.6 Å². The molecule has 1 aromatic carbocycles. The van der Waals surface area contributed by atoms with E-state index in [4.69, 9.17) is 0 Å². The number of aryl methyl sites for hydroxylation is 2. The van der Waals surface area contributed by atoms with Crippen LogP contribution >= 0.6 is 0 Å². The Morgan fingerprint density at radius 1 is 1.14 bits per heavy atom. The number of likely N-dealkylation sites (tertiary alicyclic amines) is 1. The first-order valence-electron chi connectivity index (χ1n) is 12.8. The molecule has 2 atom stereocenters. The van der Waals surface area contributed by atoms with Crippen LogP contribution in [0.1, 0.15) is 47.5 Å². The van der Waals surface area contributed by atoms with Crippen LogP contribution in [0, 0.1) is 0 Å². The van der Waals surface area contributed by atoms with Gasteiger partial charge in [-0.25, -0.2) is 0 Å². The molecule has 36 heavy (non-hydrogen) atoms. The molecule has 6 rings (SSSR count). The summed E-state index contributed by atoms with van der Waals surface area (Å²) in [5.41, 5.74) is 7.07. The monoisotopic (exact) mass is 501 g/mol. The summed E-state index contributed by atoms with van der Waals surface area (Å²) in [5, 5.41) is 4.57. The van der Waals surface area contributed by atoms with E-state index in [-0.39, 0.29) is 18.8 Å². The molecule has 2 N–H and O–H groups in total. The highest BCUT2D eigenvalue weighted by molar-refractivity contribution is 5.87. The molecule has 0 bridgehead atoms. The highest BCUT2D eigenvalue weighted by Crippen LogP contribution is 2.43. The Balaban J connectivity index is 1.29. The summed E-state index contributed by atoms with van der Waals surface area (Å²) < 4.78 is 53.3. The smallest absolute Gasteiger partial charge is 0.378 e. The molecule has 4 heterocycles. The third-order valence-corrected chi connectivity index (χ3v) is 7.96. The number of fused-ring (bicyclic) bond motifs is 4. The fourth-order valence-electron chi connectivity index (χ4n) is 6.04. The minimum atomic E-state index is -4.31. The number of aromatic amines is 1. The number of hydrogen-bond acceptors (Lipinski definition) is 4. The normalized spacial score (nSPS) is 22.7. The van der Waals surface area contributed by atoms with E-state index in [0.29, 0.717) is 18.5 Å². The Bertz CT molecular complexity index is 1250. The van der Waals surface area contributed by atoms with Crippen LogP contribution in [-0.2, 0) is 19.3 Å². The average molecular weight is 502 g/mol. The number of hydrogen-bond donors (Lipinski definition) is 2. The highest BCUT2D eigenvalue weighted by Gasteiger charge is 2.42. The van der Waals surface area contributed by atoms with Crippen LogP contribution in [0.5, 0.6) is 0 Å². The molecular formula is C27H31F4N5. The molecule has 3 aliphatic rings. The van der Waals surface area contributed by atoms with Crippen LogP contribution in [0.4, 0.5) is 23.2 Å². The van der Waals surface area contributed by atoms with Gasteiger partial charge in [-0.05, 0) is 73.6 Å². The number of aromatic nitrogens is 2. The minimum Gasteiger partial charge on any atom is -0.378 e. The molecule has 0 unspecified atom stereocenters. The Labute approximate surface area is 207 Å². The molecular weight excluding hydrogens is 470 g/mol. The van der Waals surface area contributed by atoms with Crippen molar-refractivity contribution in [2.24, 2.45) is 0 Å². The van der Waals surface area contributed by atoms with Gasteiger partial charge in [0, 0.05) is 42.3 Å². The lowest BCUT2D eigenvalue weighted by atomic mass is 9.85. The van der Waals surface area contributed by atoms with Crippen molar-refractivity contribution in [2.45, 2.75) is 56.9 Å². The van der Waals surface area contributed by atoms with Gasteiger partial charge >= 0.3 is 6.18 Å². The topological polar surface area (TPSA) is 47.2 Å². The second-order valence-electron chi connectivity index (χ2n) is 10.5. The second-order valence-corrected chi connectivity index (χ2v) is 10.5. The van der Waals surface area contributed by atoms with E-state index < -0.39 is 18.8 Å². The summed E-state index contributed by atoms with van der Waals surface area (Å²) in [6.07, 6.45) is 0.654. The third kappa shape index (κ3) is 4.36. The Kier molecular flexibility index (Phi) is 5.95. The molecule has 3 aromatic rings. The van der Waals surface area contributed by atoms with Crippen molar-refractivity contribution in [2.75, 3.05) is 38.2 Å². The van der Waals surface area contributed by atoms with Crippen molar-refractivity contribution in [1.29, 1.82) is 0 Å². The Morgan fingerprint density at radius 3 is 2.58 bits per heavy atom. The van der Waals surface area contributed by atoms with E-state index in [1.807, 2.05) is 19.1 Å². The molecule has 192 valence electrons. The fraction of sp³-hybridized carbons (Fsp3) is 0.519. The number of alkyl halides is 4. The van der Waals surface area contributed by atoms with Crippen molar-refractivity contribution in [3.05, 3.63) is 58.5 Å². The largest absolute Gasteiger partial charge is 0.401 e. The molecule has 1 saturated heterocycles. The molecule has 2 aliphatic heterocycles. The zero-order chi connectivity index (χ0) is 25.0. The van der Waals surface area contributed by atoms with Crippen molar-refractivity contribution in [1.82, 2.24) is 19.8 Å². The van der Waals surface area contributed by atoms with Crippen LogP contribution in [0.3, 0.4) is 0 Å². The molecule has 0 amide bonds. The SMILES string of the molecule is C[C@@H]1Cc2c([nH]c3cc4c(cc23)CC4)[C@@H](c2ccc(NC3CN(CCCF)C3)cn2)N1CC(F)(F)F. The van der Waals surface area contributed by atoms with Crippen LogP contribution in [0.2, 0.25) is 0 Å². The van der Waals surface area contributed by atoms with E-state index in [0.717, 1.165) is 60.3 Å². The maximum absolute atomic E-state index is 13.7. The molecule has 1 fully saturated rings. The third-order valence-electron chi connectivity index (χ3n) is 7.96. The standard InChI is InChI=1S/C27H31F4N5/c1-16-9-22-21-10-17-3-4-18(17)11-24(21)34-25(22)26(36(16)15-27(29,30)31)23-6-5-19(12-32-23)33-20-13-35(14-20)8-2-7-28/h5-6,10-12,16,20,26,33-34H,2-4,7-9,13-15H2,1H3/t16-,26-/m1/s1. The van der Waals surface area contributed by atoms with Crippen LogP contribution in [-0.4, -0.2) is 70.9 Å². The summed E-state index contributed by atoms with van der Waals surface area (Å²) in [7, 11) is 0. The summed E-state index contributed by atoms with van der Waals surface area (Å²) in [6, 6.07) is 7.54. The van der Waals surface area contributed by atoms with Crippen molar-refractivity contribution in [3.63, 3.8) is 0 Å². The van der Waals surface area contributed by atoms with Gasteiger partial charge < -0.3 is 10.3 Å². The Morgan fingerprint density at radius 2 is 1.92 bits per heavy atom. The van der Waals surface area contributed by atoms with Gasteiger partial charge in [0.25, 0.3) is 0 Å². The predicted octanol–water partition coefficient (Wildman–Crippen LogP) is 5.02. The lowest BCUT2D eigenvalue weighted by molar-refractivity contribution is -0.155. The maximum atomic E-state index is 13.7. The molecule has 5 nitrogen and oxygen atoms in total. The highest BCUT2D eigenvalue weighted by atomic mass is 19.4. The number of halogens is 4. The number of rotatable bonds is 7. The summed E-state index contributed by atoms with van der Waals surface area (Å²) in [4.78, 5) is 11.9. The van der Waals surface area contributed by atoms with E-state index in [2.05, 4.69) is 32.3 Å². The van der Waals surface area contributed by atoms with Gasteiger partial charge in [-0.3, -0.25) is 19.2 Å². The average Bonchev–Trinajstić information content (AvgIpc) is 3.13. The lowest BCUT2D eigenvalue weighted by Gasteiger charge is -2.41. The van der Waals surface area contributed by atoms with Crippen LogP contribution < -0.4 is 5.32 Å². The molecule has 2 aromatic heterocycles. The van der Waals surface area contributed by atoms with Crippen LogP contribution in [0.15, 0.2) is 30.5 Å². The number of benzene rings is 1. The number of nitrogens with one attached hydrogen (secondary N) is 2. The van der Waals surface area contributed by atoms with Gasteiger partial charge in [-0.2, -0.15) is 13.2 Å². The predicted molar refractivity (Wildman–Crippen MR) is 132 cm³/mol. The molecule has 0 radical (unpaired) electrons. The quantitative estimate of drug-likeness (QED) is 0.447. The second kappa shape index (κ2) is 9.03. The van der Waals surface area contributed by atoms with E-state index >= 15 is 0 Å². The summed E-state index contributed by atoms with van der Waals surface area (Å²) >= 11 is 0. The first-order valence-corrected chi connectivity index (χ1v) is 12.8. The maximum Gasteiger partial charge on any atom is 0.401 e. The van der Waals surface area contributed by atoms with Gasteiger partial charge in [0.2, 0.25) is 0 Å². The molecule has 0 spiro atoms. The number of pyridine rings is 1. The van der Waals surface area contributed by atoms with Gasteiger partial charge in [0.05, 0.1) is 42.9 Å². The zero-order valence-electron chi connectivity index (χ0n) is 20.3. The molecule has 1 aliphatic carbocycles. The minimum absolute atomic E-state index is 0.270. The van der Waals surface area contributed by atoms with Gasteiger partial charge in [0.1, 0.15) is 0 Å². The van der Waals surface area contributed by atoms with Gasteiger partial charge in [-0.15, -0.1) is 0 Å². The van der Waals surface area contributed by atoms with Crippen molar-refractivity contribution in [3.8, 4) is 0 Å². The van der Waals surface area contributed by atoms with E-state index in [1.165, 1.54) is 16.0 Å². The number of anilines is 1. The number of nitrogens with zero attached hydrogens (tertiary/aromatic N) is 3. The first kappa shape index (κ1) is 23.7. The first-order chi connectivity index (χ1) is 17.3. The van der Waals surface area contributed by atoms with Gasteiger partial charge in [-0.1, -0.05) is 0 Å². The molecule has 0 saturated carbocycles. The lowest BCUT2D eigenvalue weighted by Crippen LogP contribution is -2.54. The Hall–Kier alpha value is -2.65.